The first-order valence-electron chi connectivity index (χ1n) is 8.45. The van der Waals surface area contributed by atoms with Gasteiger partial charge in [-0.05, 0) is 43.7 Å². The third-order valence-electron chi connectivity index (χ3n) is 5.04. The minimum Gasteiger partial charge on any atom is -0.342 e. The number of piperidine rings is 1. The maximum atomic E-state index is 12.5. The third-order valence-corrected chi connectivity index (χ3v) is 5.04. The second-order valence-corrected chi connectivity index (χ2v) is 6.76. The van der Waals surface area contributed by atoms with Crippen molar-refractivity contribution in [2.24, 2.45) is 11.8 Å². The Hall–Kier alpha value is -2.17. The van der Waals surface area contributed by atoms with Crippen LogP contribution in [0.25, 0.3) is 10.9 Å². The van der Waals surface area contributed by atoms with Gasteiger partial charge in [0.05, 0.1) is 17.2 Å². The zero-order chi connectivity index (χ0) is 15.8. The predicted octanol–water partition coefficient (Wildman–Crippen LogP) is 2.05. The SMILES string of the molecule is O=C(C1CC1)N1CCC(Cn2cnc3ccccc3c2=O)CC1. The molecule has 1 aromatic carbocycles. The number of fused-ring (bicyclic) bond motifs is 1. The van der Waals surface area contributed by atoms with Crippen LogP contribution in [0.4, 0.5) is 0 Å². The van der Waals surface area contributed by atoms with Crippen LogP contribution in [0.3, 0.4) is 0 Å². The van der Waals surface area contributed by atoms with Crippen molar-refractivity contribution in [3.05, 3.63) is 40.9 Å². The quantitative estimate of drug-likeness (QED) is 0.871. The van der Waals surface area contributed by atoms with E-state index in [1.54, 1.807) is 10.9 Å². The Bertz CT molecular complexity index is 786. The van der Waals surface area contributed by atoms with Gasteiger partial charge < -0.3 is 4.90 Å². The van der Waals surface area contributed by atoms with Gasteiger partial charge in [-0.1, -0.05) is 12.1 Å². The number of hydrogen-bond acceptors (Lipinski definition) is 3. The summed E-state index contributed by atoms with van der Waals surface area (Å²) in [5.74, 6) is 1.09. The molecule has 2 fully saturated rings. The van der Waals surface area contributed by atoms with Crippen LogP contribution in [0.1, 0.15) is 25.7 Å². The second-order valence-electron chi connectivity index (χ2n) is 6.76. The highest BCUT2D eigenvalue weighted by Crippen LogP contribution is 2.32. The standard InChI is InChI=1S/C18H21N3O2/c22-17(14-5-6-14)20-9-7-13(8-10-20)11-21-12-19-16-4-2-1-3-15(16)18(21)23/h1-4,12-14H,5-11H2. The molecule has 23 heavy (non-hydrogen) atoms. The van der Waals surface area contributed by atoms with Gasteiger partial charge in [-0.2, -0.15) is 0 Å². The van der Waals surface area contributed by atoms with Crippen LogP contribution >= 0.6 is 0 Å². The average Bonchev–Trinajstić information content (AvgIpc) is 3.43. The highest BCUT2D eigenvalue weighted by atomic mass is 16.2. The van der Waals surface area contributed by atoms with E-state index in [2.05, 4.69) is 4.98 Å². The lowest BCUT2D eigenvalue weighted by Gasteiger charge is -2.32. The Balaban J connectivity index is 1.44. The lowest BCUT2D eigenvalue weighted by atomic mass is 9.96. The molecule has 1 aromatic heterocycles. The number of carbonyl (C=O) groups is 1. The van der Waals surface area contributed by atoms with Crippen molar-refractivity contribution >= 4 is 16.8 Å². The molecular weight excluding hydrogens is 290 g/mol. The van der Waals surface area contributed by atoms with Gasteiger partial charge in [0.1, 0.15) is 0 Å². The van der Waals surface area contributed by atoms with E-state index in [4.69, 9.17) is 0 Å². The van der Waals surface area contributed by atoms with E-state index in [0.717, 1.165) is 44.3 Å². The summed E-state index contributed by atoms with van der Waals surface area (Å²) in [4.78, 5) is 31.0. The van der Waals surface area contributed by atoms with E-state index in [-0.39, 0.29) is 5.56 Å². The zero-order valence-corrected chi connectivity index (χ0v) is 13.1. The Morgan fingerprint density at radius 1 is 1.13 bits per heavy atom. The summed E-state index contributed by atoms with van der Waals surface area (Å²) in [5.41, 5.74) is 0.783. The van der Waals surface area contributed by atoms with E-state index in [1.165, 1.54) is 0 Å². The normalized spacial score (nSPS) is 19.2. The van der Waals surface area contributed by atoms with Crippen LogP contribution in [0, 0.1) is 11.8 Å². The molecule has 0 unspecified atom stereocenters. The van der Waals surface area contributed by atoms with E-state index in [9.17, 15) is 9.59 Å². The molecule has 1 aliphatic heterocycles. The van der Waals surface area contributed by atoms with Crippen molar-refractivity contribution in [2.75, 3.05) is 13.1 Å². The molecule has 0 bridgehead atoms. The van der Waals surface area contributed by atoms with Gasteiger partial charge in [0, 0.05) is 25.6 Å². The van der Waals surface area contributed by atoms with Gasteiger partial charge in [0.25, 0.3) is 5.56 Å². The highest BCUT2D eigenvalue weighted by Gasteiger charge is 2.34. The Morgan fingerprint density at radius 3 is 2.61 bits per heavy atom. The molecule has 5 nitrogen and oxygen atoms in total. The molecule has 120 valence electrons. The minimum atomic E-state index is 0.0343. The fourth-order valence-electron chi connectivity index (χ4n) is 3.44. The second kappa shape index (κ2) is 5.80. The summed E-state index contributed by atoms with van der Waals surface area (Å²) in [6.07, 6.45) is 5.73. The lowest BCUT2D eigenvalue weighted by Crippen LogP contribution is -2.40. The van der Waals surface area contributed by atoms with Gasteiger partial charge in [0.2, 0.25) is 5.91 Å². The first-order valence-corrected chi connectivity index (χ1v) is 8.45. The smallest absolute Gasteiger partial charge is 0.261 e. The van der Waals surface area contributed by atoms with Gasteiger partial charge >= 0.3 is 0 Å². The largest absolute Gasteiger partial charge is 0.342 e. The predicted molar refractivity (Wildman–Crippen MR) is 88.0 cm³/mol. The fraction of sp³-hybridized carbons (Fsp3) is 0.500. The molecule has 0 radical (unpaired) electrons. The molecule has 4 rings (SSSR count). The van der Waals surface area contributed by atoms with Gasteiger partial charge in [-0.15, -0.1) is 0 Å². The van der Waals surface area contributed by atoms with E-state index < -0.39 is 0 Å². The Kier molecular flexibility index (Phi) is 3.63. The summed E-state index contributed by atoms with van der Waals surface area (Å²) in [6.45, 7) is 2.35. The number of rotatable bonds is 3. The van der Waals surface area contributed by atoms with Crippen LogP contribution in [0.2, 0.25) is 0 Å². The van der Waals surface area contributed by atoms with E-state index in [1.807, 2.05) is 29.2 Å². The van der Waals surface area contributed by atoms with Crippen molar-refractivity contribution in [3.8, 4) is 0 Å². The van der Waals surface area contributed by atoms with Gasteiger partial charge in [-0.3, -0.25) is 14.2 Å². The fourth-order valence-corrected chi connectivity index (χ4v) is 3.44. The molecule has 1 aliphatic carbocycles. The van der Waals surface area contributed by atoms with Crippen molar-refractivity contribution in [2.45, 2.75) is 32.2 Å². The lowest BCUT2D eigenvalue weighted by molar-refractivity contribution is -0.134. The highest BCUT2D eigenvalue weighted by molar-refractivity contribution is 5.81. The van der Waals surface area contributed by atoms with Crippen LogP contribution < -0.4 is 5.56 Å². The topological polar surface area (TPSA) is 55.2 Å². The maximum Gasteiger partial charge on any atom is 0.261 e. The summed E-state index contributed by atoms with van der Waals surface area (Å²) < 4.78 is 1.73. The first kappa shape index (κ1) is 14.4. The van der Waals surface area contributed by atoms with Crippen molar-refractivity contribution in [1.29, 1.82) is 0 Å². The number of nitrogens with zero attached hydrogens (tertiary/aromatic N) is 3. The third kappa shape index (κ3) is 2.87. The van der Waals surface area contributed by atoms with Gasteiger partial charge in [0.15, 0.2) is 0 Å². The van der Waals surface area contributed by atoms with Crippen LogP contribution in [0.5, 0.6) is 0 Å². The summed E-state index contributed by atoms with van der Waals surface area (Å²) in [7, 11) is 0. The molecule has 5 heteroatoms. The van der Waals surface area contributed by atoms with Crippen LogP contribution in [-0.4, -0.2) is 33.4 Å². The number of hydrogen-bond donors (Lipinski definition) is 0. The number of carbonyl (C=O) groups excluding carboxylic acids is 1. The number of amides is 1. The van der Waals surface area contributed by atoms with Crippen molar-refractivity contribution < 1.29 is 4.79 Å². The van der Waals surface area contributed by atoms with Crippen LogP contribution in [0.15, 0.2) is 35.4 Å². The number of likely N-dealkylation sites (tertiary alicyclic amines) is 1. The van der Waals surface area contributed by atoms with Crippen molar-refractivity contribution in [1.82, 2.24) is 14.5 Å². The molecule has 2 heterocycles. The molecule has 1 saturated carbocycles. The molecular formula is C18H21N3O2. The first-order chi connectivity index (χ1) is 11.2. The number of para-hydroxylation sites is 1. The maximum absolute atomic E-state index is 12.5. The molecule has 2 aromatic rings. The van der Waals surface area contributed by atoms with E-state index in [0.29, 0.717) is 29.7 Å². The molecule has 0 N–H and O–H groups in total. The summed E-state index contributed by atoms with van der Waals surface area (Å²) in [6, 6.07) is 7.46. The monoisotopic (exact) mass is 311 g/mol. The minimum absolute atomic E-state index is 0.0343. The average molecular weight is 311 g/mol. The summed E-state index contributed by atoms with van der Waals surface area (Å²) >= 11 is 0. The zero-order valence-electron chi connectivity index (χ0n) is 13.1. The Morgan fingerprint density at radius 2 is 1.87 bits per heavy atom. The molecule has 1 saturated heterocycles. The van der Waals surface area contributed by atoms with Gasteiger partial charge in [-0.25, -0.2) is 4.98 Å². The number of aromatic nitrogens is 2. The summed E-state index contributed by atoms with van der Waals surface area (Å²) in [5, 5.41) is 0.677. The Labute approximate surface area is 134 Å². The van der Waals surface area contributed by atoms with Crippen LogP contribution in [-0.2, 0) is 11.3 Å². The molecule has 1 amide bonds. The molecule has 2 aliphatic rings. The molecule has 0 atom stereocenters. The number of benzene rings is 1. The molecule has 0 spiro atoms. The van der Waals surface area contributed by atoms with E-state index >= 15 is 0 Å². The van der Waals surface area contributed by atoms with Crippen molar-refractivity contribution in [3.63, 3.8) is 0 Å².